The lowest BCUT2D eigenvalue weighted by Crippen LogP contribution is -2.27. The van der Waals surface area contributed by atoms with Gasteiger partial charge < -0.3 is 29.2 Å². The number of hydrogen-bond acceptors (Lipinski definition) is 6. The Morgan fingerprint density at radius 3 is 1.46 bits per heavy atom. The van der Waals surface area contributed by atoms with Gasteiger partial charge in [0.15, 0.2) is 0 Å². The molecule has 0 spiro atoms. The van der Waals surface area contributed by atoms with Gasteiger partial charge in [-0.2, -0.15) is 0 Å². The molecule has 0 amide bonds. The lowest BCUT2D eigenvalue weighted by molar-refractivity contribution is 0.0188. The second-order valence-corrected chi connectivity index (χ2v) is 9.49. The van der Waals surface area contributed by atoms with Gasteiger partial charge in [-0.15, -0.1) is 0 Å². The molecule has 192 valence electrons. The van der Waals surface area contributed by atoms with Crippen molar-refractivity contribution in [2.75, 3.05) is 39.6 Å². The van der Waals surface area contributed by atoms with E-state index >= 15 is 0 Å². The van der Waals surface area contributed by atoms with Crippen LogP contribution in [0.1, 0.15) is 38.8 Å². The molecule has 6 nitrogen and oxygen atoms in total. The Morgan fingerprint density at radius 2 is 1.09 bits per heavy atom. The van der Waals surface area contributed by atoms with Crippen LogP contribution >= 0.6 is 0 Å². The van der Waals surface area contributed by atoms with Crippen LogP contribution in [0.2, 0.25) is 0 Å². The average molecular weight is 485 g/mol. The molecular formula is C29H40O6. The lowest BCUT2D eigenvalue weighted by Gasteiger charge is -2.30. The zero-order valence-electron chi connectivity index (χ0n) is 21.5. The molecule has 0 radical (unpaired) electrons. The lowest BCUT2D eigenvalue weighted by atomic mass is 9.77. The Labute approximate surface area is 209 Å². The second-order valence-electron chi connectivity index (χ2n) is 9.49. The fourth-order valence-electron chi connectivity index (χ4n) is 3.57. The highest BCUT2D eigenvalue weighted by molar-refractivity contribution is 5.50. The van der Waals surface area contributed by atoms with Crippen LogP contribution in [0.25, 0.3) is 0 Å². The summed E-state index contributed by atoms with van der Waals surface area (Å²) in [6.45, 7) is 16.9. The minimum Gasteiger partial charge on any atom is -0.490 e. The number of para-hydroxylation sites is 2. The summed E-state index contributed by atoms with van der Waals surface area (Å²) in [7, 11) is 0. The van der Waals surface area contributed by atoms with Crippen LogP contribution in [0.5, 0.6) is 11.5 Å². The van der Waals surface area contributed by atoms with E-state index in [1.807, 2.05) is 62.4 Å². The first kappa shape index (κ1) is 28.6. The van der Waals surface area contributed by atoms with Gasteiger partial charge in [0.1, 0.15) is 36.9 Å². The topological polar surface area (TPSA) is 77.4 Å². The molecule has 2 N–H and O–H groups in total. The molecule has 2 rings (SSSR count). The normalized spacial score (nSPS) is 13.2. The Bertz CT molecular complexity index is 876. The van der Waals surface area contributed by atoms with E-state index in [9.17, 15) is 10.2 Å². The van der Waals surface area contributed by atoms with Crippen LogP contribution < -0.4 is 9.47 Å². The number of aliphatic hydroxyl groups excluding tert-OH is 2. The van der Waals surface area contributed by atoms with Crippen LogP contribution in [0.15, 0.2) is 72.8 Å². The number of rotatable bonds is 16. The molecule has 0 saturated carbocycles. The van der Waals surface area contributed by atoms with Gasteiger partial charge in [0, 0.05) is 16.5 Å². The summed E-state index contributed by atoms with van der Waals surface area (Å²) in [5.74, 6) is 1.36. The predicted octanol–water partition coefficient (Wildman–Crippen LogP) is 4.68. The summed E-state index contributed by atoms with van der Waals surface area (Å²) in [5.41, 5.74) is 3.24. The monoisotopic (exact) mass is 484 g/mol. The summed E-state index contributed by atoms with van der Waals surface area (Å²) in [4.78, 5) is 0. The smallest absolute Gasteiger partial charge is 0.123 e. The minimum atomic E-state index is -0.755. The zero-order valence-corrected chi connectivity index (χ0v) is 21.5. The van der Waals surface area contributed by atoms with E-state index in [0.29, 0.717) is 24.7 Å². The highest BCUT2D eigenvalue weighted by atomic mass is 16.5. The van der Waals surface area contributed by atoms with Crippen LogP contribution in [0.3, 0.4) is 0 Å². The van der Waals surface area contributed by atoms with Crippen molar-refractivity contribution in [2.45, 2.75) is 45.3 Å². The summed E-state index contributed by atoms with van der Waals surface area (Å²) in [6, 6.07) is 15.5. The maximum Gasteiger partial charge on any atom is 0.123 e. The average Bonchev–Trinajstić information content (AvgIpc) is 2.81. The van der Waals surface area contributed by atoms with E-state index in [-0.39, 0.29) is 26.4 Å². The number of hydrogen-bond donors (Lipinski definition) is 2. The Morgan fingerprint density at radius 1 is 0.714 bits per heavy atom. The van der Waals surface area contributed by atoms with Crippen molar-refractivity contribution in [3.8, 4) is 11.5 Å². The van der Waals surface area contributed by atoms with E-state index in [0.717, 1.165) is 22.3 Å². The van der Waals surface area contributed by atoms with Crippen LogP contribution in [-0.2, 0) is 14.9 Å². The fourth-order valence-corrected chi connectivity index (χ4v) is 3.57. The maximum absolute atomic E-state index is 10.3. The first-order valence-corrected chi connectivity index (χ1v) is 11.9. The van der Waals surface area contributed by atoms with Gasteiger partial charge in [-0.3, -0.25) is 0 Å². The van der Waals surface area contributed by atoms with Gasteiger partial charge in [-0.05, 0) is 26.0 Å². The zero-order chi connectivity index (χ0) is 25.8. The fraction of sp³-hybridized carbons (Fsp3) is 0.448. The van der Waals surface area contributed by atoms with Crippen LogP contribution in [0.4, 0.5) is 0 Å². The second kappa shape index (κ2) is 14.0. The third-order valence-electron chi connectivity index (χ3n) is 5.30. The molecule has 0 aromatic heterocycles. The van der Waals surface area contributed by atoms with E-state index in [1.165, 1.54) is 0 Å². The standard InChI is InChI=1S/C29H40O6/c1-21(2)15-32-17-23(30)19-34-27-13-9-7-11-25(27)29(5,6)26-12-8-10-14-28(26)35-20-24(31)18-33-16-22(3)4/h7-14,23-24,30-31H,1,3,15-20H2,2,4-6H3. The molecule has 0 aliphatic rings. The summed E-state index contributed by atoms with van der Waals surface area (Å²) < 4.78 is 22.9. The molecule has 2 unspecified atom stereocenters. The number of aliphatic hydroxyl groups is 2. The third kappa shape index (κ3) is 9.49. The van der Waals surface area contributed by atoms with E-state index in [1.54, 1.807) is 0 Å². The van der Waals surface area contributed by atoms with Gasteiger partial charge in [0.25, 0.3) is 0 Å². The van der Waals surface area contributed by atoms with E-state index < -0.39 is 17.6 Å². The number of ether oxygens (including phenoxy) is 4. The molecule has 2 aromatic rings. The quantitative estimate of drug-likeness (QED) is 0.337. The largest absolute Gasteiger partial charge is 0.490 e. The maximum atomic E-state index is 10.3. The molecule has 0 fully saturated rings. The van der Waals surface area contributed by atoms with E-state index in [4.69, 9.17) is 18.9 Å². The highest BCUT2D eigenvalue weighted by Crippen LogP contribution is 2.41. The first-order chi connectivity index (χ1) is 16.6. The third-order valence-corrected chi connectivity index (χ3v) is 5.30. The molecule has 2 atom stereocenters. The molecule has 0 bridgehead atoms. The predicted molar refractivity (Wildman–Crippen MR) is 139 cm³/mol. The molecule has 0 heterocycles. The molecular weight excluding hydrogens is 444 g/mol. The van der Waals surface area contributed by atoms with Crippen molar-refractivity contribution in [3.63, 3.8) is 0 Å². The van der Waals surface area contributed by atoms with Gasteiger partial charge in [0.05, 0.1) is 26.4 Å². The van der Waals surface area contributed by atoms with Gasteiger partial charge in [-0.1, -0.05) is 74.5 Å². The van der Waals surface area contributed by atoms with Gasteiger partial charge >= 0.3 is 0 Å². The van der Waals surface area contributed by atoms with Crippen molar-refractivity contribution < 1.29 is 29.2 Å². The van der Waals surface area contributed by atoms with Crippen molar-refractivity contribution in [1.82, 2.24) is 0 Å². The highest BCUT2D eigenvalue weighted by Gasteiger charge is 2.30. The summed E-state index contributed by atoms with van der Waals surface area (Å²) in [5, 5.41) is 20.5. The van der Waals surface area contributed by atoms with Crippen molar-refractivity contribution in [3.05, 3.63) is 84.0 Å². The van der Waals surface area contributed by atoms with Gasteiger partial charge in [-0.25, -0.2) is 0 Å². The Kier molecular flexibility index (Phi) is 11.5. The molecule has 0 saturated heterocycles. The minimum absolute atomic E-state index is 0.109. The SMILES string of the molecule is C=C(C)COCC(O)COc1ccccc1C(C)(C)c1ccccc1OCC(O)COCC(=C)C. The van der Waals surface area contributed by atoms with Crippen molar-refractivity contribution in [2.24, 2.45) is 0 Å². The molecule has 2 aromatic carbocycles. The Balaban J connectivity index is 2.11. The molecule has 6 heteroatoms. The van der Waals surface area contributed by atoms with E-state index in [2.05, 4.69) is 27.0 Å². The van der Waals surface area contributed by atoms with Crippen LogP contribution in [-0.4, -0.2) is 62.1 Å². The van der Waals surface area contributed by atoms with Crippen molar-refractivity contribution in [1.29, 1.82) is 0 Å². The molecule has 0 aliphatic carbocycles. The van der Waals surface area contributed by atoms with Gasteiger partial charge in [0.2, 0.25) is 0 Å². The number of benzene rings is 2. The first-order valence-electron chi connectivity index (χ1n) is 11.9. The summed E-state index contributed by atoms with van der Waals surface area (Å²) in [6.07, 6.45) is -1.51. The summed E-state index contributed by atoms with van der Waals surface area (Å²) >= 11 is 0. The Hall–Kier alpha value is -2.64. The van der Waals surface area contributed by atoms with Crippen LogP contribution in [0, 0.1) is 0 Å². The molecule has 0 aliphatic heterocycles. The van der Waals surface area contributed by atoms with Crippen molar-refractivity contribution >= 4 is 0 Å². The molecule has 35 heavy (non-hydrogen) atoms.